The lowest BCUT2D eigenvalue weighted by atomic mass is 10.1. The van der Waals surface area contributed by atoms with Crippen molar-refractivity contribution in [2.45, 2.75) is 51.2 Å². The molecule has 2 unspecified atom stereocenters. The van der Waals surface area contributed by atoms with Gasteiger partial charge < -0.3 is 24.4 Å². The summed E-state index contributed by atoms with van der Waals surface area (Å²) in [6.45, 7) is 4.22. The fraction of sp³-hybridized carbons (Fsp3) is 0.565. The number of unbranched alkanes of at least 4 members (excludes halogenated alkanes) is 1. The summed E-state index contributed by atoms with van der Waals surface area (Å²) in [7, 11) is 0. The van der Waals surface area contributed by atoms with Crippen LogP contribution in [0, 0.1) is 0 Å². The van der Waals surface area contributed by atoms with Crippen molar-refractivity contribution in [2.24, 2.45) is 0 Å². The number of rotatable bonds is 9. The molecule has 2 aliphatic rings. The molecule has 2 fully saturated rings. The van der Waals surface area contributed by atoms with Crippen LogP contribution < -0.4 is 15.4 Å². The van der Waals surface area contributed by atoms with Gasteiger partial charge in [0.15, 0.2) is 5.11 Å². The summed E-state index contributed by atoms with van der Waals surface area (Å²) in [6, 6.07) is 5.98. The van der Waals surface area contributed by atoms with Crippen LogP contribution in [0.15, 0.2) is 24.3 Å². The minimum absolute atomic E-state index is 0.0871. The predicted molar refractivity (Wildman–Crippen MR) is 125 cm³/mol. The maximum Gasteiger partial charge on any atom is 0.308 e. The number of carbonyl (C=O) groups is 3. The molecule has 2 N–H and O–H groups in total. The number of nitrogens with one attached hydrogen (secondary N) is 2. The van der Waals surface area contributed by atoms with Crippen molar-refractivity contribution in [3.8, 4) is 5.75 Å². The van der Waals surface area contributed by atoms with Crippen LogP contribution in [0.25, 0.3) is 0 Å². The number of nitrogens with zero attached hydrogens (tertiary/aromatic N) is 1. The molecule has 2 amide bonds. The van der Waals surface area contributed by atoms with E-state index in [2.05, 4.69) is 17.6 Å². The minimum Gasteiger partial charge on any atom is -0.494 e. The van der Waals surface area contributed by atoms with E-state index in [9.17, 15) is 14.4 Å². The highest BCUT2D eigenvalue weighted by Gasteiger charge is 2.34. The summed E-state index contributed by atoms with van der Waals surface area (Å²) in [6.07, 6.45) is 3.48. The van der Waals surface area contributed by atoms with Crippen molar-refractivity contribution in [3.63, 3.8) is 0 Å². The van der Waals surface area contributed by atoms with Gasteiger partial charge in [-0.3, -0.25) is 19.7 Å². The Hall–Kier alpha value is -2.72. The smallest absolute Gasteiger partial charge is 0.308 e. The highest BCUT2D eigenvalue weighted by atomic mass is 32.1. The van der Waals surface area contributed by atoms with Gasteiger partial charge in [0.1, 0.15) is 18.4 Å². The number of amides is 2. The molecule has 33 heavy (non-hydrogen) atoms. The summed E-state index contributed by atoms with van der Waals surface area (Å²) < 4.78 is 16.4. The van der Waals surface area contributed by atoms with Gasteiger partial charge >= 0.3 is 5.97 Å². The fourth-order valence-electron chi connectivity index (χ4n) is 3.64. The van der Waals surface area contributed by atoms with E-state index in [1.807, 2.05) is 0 Å². The number of hydrogen-bond acceptors (Lipinski definition) is 7. The molecule has 0 radical (unpaired) electrons. The molecule has 0 bridgehead atoms. The van der Waals surface area contributed by atoms with Crippen LogP contribution in [0.5, 0.6) is 5.75 Å². The highest BCUT2D eigenvalue weighted by molar-refractivity contribution is 7.80. The molecule has 0 aromatic heterocycles. The standard InChI is InChI=1S/C23H31N3O6S/c1-2-3-11-30-17-7-4-6-16(13-17)21(28)25-23(33)26-10-9-24-22(29)19(26)14-20(27)32-15-18-8-5-12-31-18/h4,6-7,13,18-19H,2-3,5,8-12,14-15H2,1H3,(H,24,29)(H,25,28,33). The Labute approximate surface area is 199 Å². The lowest BCUT2D eigenvalue weighted by Gasteiger charge is -2.36. The number of benzene rings is 1. The molecule has 2 atom stereocenters. The van der Waals surface area contributed by atoms with Crippen LogP contribution in [-0.4, -0.2) is 72.9 Å². The van der Waals surface area contributed by atoms with Gasteiger partial charge in [-0.25, -0.2) is 0 Å². The molecular formula is C23H31N3O6S. The molecule has 180 valence electrons. The first-order valence-corrected chi connectivity index (χ1v) is 11.8. The molecule has 0 saturated carbocycles. The Morgan fingerprint density at radius 1 is 1.36 bits per heavy atom. The highest BCUT2D eigenvalue weighted by Crippen LogP contribution is 2.16. The zero-order valence-electron chi connectivity index (χ0n) is 18.8. The summed E-state index contributed by atoms with van der Waals surface area (Å²) >= 11 is 5.41. The number of hydrogen-bond donors (Lipinski definition) is 2. The third kappa shape index (κ3) is 7.40. The van der Waals surface area contributed by atoms with Gasteiger partial charge in [-0.1, -0.05) is 19.4 Å². The largest absolute Gasteiger partial charge is 0.494 e. The molecule has 2 heterocycles. The number of carbonyl (C=O) groups excluding carboxylic acids is 3. The Balaban J connectivity index is 1.57. The number of ether oxygens (including phenoxy) is 3. The van der Waals surface area contributed by atoms with Gasteiger partial charge in [0.2, 0.25) is 5.91 Å². The predicted octanol–water partition coefficient (Wildman–Crippen LogP) is 1.79. The Bertz CT molecular complexity index is 858. The number of thiocarbonyl (C=S) groups is 1. The second-order valence-corrected chi connectivity index (χ2v) is 8.40. The lowest BCUT2D eigenvalue weighted by molar-refractivity contribution is -0.150. The van der Waals surface area contributed by atoms with Gasteiger partial charge in [-0.05, 0) is 49.7 Å². The van der Waals surface area contributed by atoms with E-state index in [0.717, 1.165) is 25.7 Å². The van der Waals surface area contributed by atoms with Crippen LogP contribution >= 0.6 is 12.2 Å². The first-order chi connectivity index (χ1) is 16.0. The van der Waals surface area contributed by atoms with Gasteiger partial charge in [-0.15, -0.1) is 0 Å². The van der Waals surface area contributed by atoms with Crippen LogP contribution in [0.1, 0.15) is 49.4 Å². The van der Waals surface area contributed by atoms with Crippen molar-refractivity contribution >= 4 is 35.1 Å². The van der Waals surface area contributed by atoms with Crippen LogP contribution in [0.2, 0.25) is 0 Å². The topological polar surface area (TPSA) is 106 Å². The van der Waals surface area contributed by atoms with E-state index in [-0.39, 0.29) is 30.2 Å². The monoisotopic (exact) mass is 477 g/mol. The van der Waals surface area contributed by atoms with Crippen molar-refractivity contribution in [1.29, 1.82) is 0 Å². The normalized spacial score (nSPS) is 20.2. The average molecular weight is 478 g/mol. The lowest BCUT2D eigenvalue weighted by Crippen LogP contribution is -2.60. The van der Waals surface area contributed by atoms with Crippen molar-refractivity contribution < 1.29 is 28.6 Å². The van der Waals surface area contributed by atoms with Crippen LogP contribution in [-0.2, 0) is 19.1 Å². The van der Waals surface area contributed by atoms with E-state index in [0.29, 0.717) is 37.6 Å². The summed E-state index contributed by atoms with van der Waals surface area (Å²) in [5, 5.41) is 5.49. The van der Waals surface area contributed by atoms with E-state index in [1.165, 1.54) is 0 Å². The molecule has 1 aromatic rings. The number of piperazine rings is 1. The summed E-state index contributed by atoms with van der Waals surface area (Å²) in [4.78, 5) is 39.1. The Morgan fingerprint density at radius 2 is 2.21 bits per heavy atom. The summed E-state index contributed by atoms with van der Waals surface area (Å²) in [5.74, 6) is -0.653. The Kier molecular flexibility index (Phi) is 9.44. The molecule has 9 nitrogen and oxygen atoms in total. The van der Waals surface area contributed by atoms with Gasteiger partial charge in [0, 0.05) is 25.3 Å². The van der Waals surface area contributed by atoms with Crippen molar-refractivity contribution in [3.05, 3.63) is 29.8 Å². The maximum atomic E-state index is 12.8. The molecule has 2 aliphatic heterocycles. The average Bonchev–Trinajstić information content (AvgIpc) is 3.33. The SMILES string of the molecule is CCCCOc1cccc(C(=O)NC(=S)N2CCNC(=O)C2CC(=O)OCC2CCCO2)c1. The van der Waals surface area contributed by atoms with E-state index < -0.39 is 17.9 Å². The third-order valence-corrected chi connectivity index (χ3v) is 5.83. The first-order valence-electron chi connectivity index (χ1n) is 11.4. The first kappa shape index (κ1) is 24.9. The van der Waals surface area contributed by atoms with Crippen LogP contribution in [0.3, 0.4) is 0 Å². The third-order valence-electron chi connectivity index (χ3n) is 5.49. The fourth-order valence-corrected chi connectivity index (χ4v) is 3.95. The van der Waals surface area contributed by atoms with Crippen molar-refractivity contribution in [1.82, 2.24) is 15.5 Å². The van der Waals surface area contributed by atoms with Gasteiger partial charge in [0.05, 0.1) is 19.1 Å². The van der Waals surface area contributed by atoms with E-state index in [4.69, 9.17) is 26.4 Å². The van der Waals surface area contributed by atoms with E-state index >= 15 is 0 Å². The molecule has 2 saturated heterocycles. The van der Waals surface area contributed by atoms with E-state index in [1.54, 1.807) is 29.2 Å². The molecule has 0 aliphatic carbocycles. The van der Waals surface area contributed by atoms with Gasteiger partial charge in [0.25, 0.3) is 5.91 Å². The molecular weight excluding hydrogens is 446 g/mol. The maximum absolute atomic E-state index is 12.8. The second-order valence-electron chi connectivity index (χ2n) is 8.01. The molecule has 0 spiro atoms. The zero-order valence-corrected chi connectivity index (χ0v) is 19.7. The van der Waals surface area contributed by atoms with Crippen LogP contribution in [0.4, 0.5) is 0 Å². The molecule has 10 heteroatoms. The second kappa shape index (κ2) is 12.5. The quantitative estimate of drug-likeness (QED) is 0.315. The van der Waals surface area contributed by atoms with Crippen molar-refractivity contribution in [2.75, 3.05) is 32.9 Å². The molecule has 1 aromatic carbocycles. The minimum atomic E-state index is -0.854. The van der Waals surface area contributed by atoms with Gasteiger partial charge in [-0.2, -0.15) is 0 Å². The zero-order chi connectivity index (χ0) is 23.6. The molecule has 3 rings (SSSR count). The number of esters is 1. The summed E-state index contributed by atoms with van der Waals surface area (Å²) in [5.41, 5.74) is 0.389. The Morgan fingerprint density at radius 3 is 2.97 bits per heavy atom.